The molecule has 0 bridgehead atoms. The number of hydrogen-bond acceptors (Lipinski definition) is 5. The van der Waals surface area contributed by atoms with Gasteiger partial charge in [0.25, 0.3) is 5.91 Å². The third-order valence-electron chi connectivity index (χ3n) is 5.74. The number of amides is 1. The molecular weight excluding hydrogens is 354 g/mol. The highest BCUT2D eigenvalue weighted by Gasteiger charge is 2.29. The van der Waals surface area contributed by atoms with Gasteiger partial charge in [0.15, 0.2) is 0 Å². The highest BCUT2D eigenvalue weighted by molar-refractivity contribution is 5.96. The average molecular weight is 379 g/mol. The summed E-state index contributed by atoms with van der Waals surface area (Å²) in [5.74, 6) is 1.67. The molecule has 1 aliphatic heterocycles. The van der Waals surface area contributed by atoms with E-state index in [4.69, 9.17) is 14.2 Å². The molecule has 6 heteroatoms. The number of likely N-dealkylation sites (tertiary alicyclic amines) is 1. The first kappa shape index (κ1) is 18.5. The van der Waals surface area contributed by atoms with Crippen LogP contribution in [0.2, 0.25) is 0 Å². The fraction of sp³-hybridized carbons (Fsp3) is 0.409. The summed E-state index contributed by atoms with van der Waals surface area (Å²) in [6, 6.07) is 6.16. The van der Waals surface area contributed by atoms with E-state index in [0.717, 1.165) is 47.2 Å². The molecule has 1 aromatic carbocycles. The summed E-state index contributed by atoms with van der Waals surface area (Å²) in [5.41, 5.74) is 3.38. The van der Waals surface area contributed by atoms with Crippen LogP contribution in [0.25, 0.3) is 10.8 Å². The number of benzene rings is 1. The van der Waals surface area contributed by atoms with Crippen LogP contribution >= 0.6 is 0 Å². The largest absolute Gasteiger partial charge is 0.496 e. The normalized spacial score (nSPS) is 17.1. The van der Waals surface area contributed by atoms with Crippen LogP contribution in [0.1, 0.15) is 51.8 Å². The molecule has 1 fully saturated rings. The van der Waals surface area contributed by atoms with Gasteiger partial charge in [-0.25, -0.2) is 0 Å². The zero-order valence-electron chi connectivity index (χ0n) is 16.8. The summed E-state index contributed by atoms with van der Waals surface area (Å²) in [7, 11) is 1.69. The molecule has 0 unspecified atom stereocenters. The zero-order chi connectivity index (χ0) is 19.8. The van der Waals surface area contributed by atoms with Gasteiger partial charge in [0.05, 0.1) is 12.8 Å². The Morgan fingerprint density at radius 1 is 1.29 bits per heavy atom. The topological polar surface area (TPSA) is 68.5 Å². The number of hydrogen-bond donors (Lipinski definition) is 0. The smallest absolute Gasteiger partial charge is 0.259 e. The second-order valence-corrected chi connectivity index (χ2v) is 7.51. The van der Waals surface area contributed by atoms with Gasteiger partial charge in [0, 0.05) is 36.3 Å². The number of carbonyl (C=O) groups is 1. The number of rotatable bonds is 3. The van der Waals surface area contributed by atoms with Crippen LogP contribution in [0.15, 0.2) is 28.9 Å². The maximum atomic E-state index is 13.0. The first-order valence-electron chi connectivity index (χ1n) is 9.65. The van der Waals surface area contributed by atoms with Gasteiger partial charge < -0.3 is 14.2 Å². The Labute approximate surface area is 164 Å². The lowest BCUT2D eigenvalue weighted by Gasteiger charge is -2.32. The summed E-state index contributed by atoms with van der Waals surface area (Å²) < 4.78 is 10.6. The Kier molecular flexibility index (Phi) is 4.79. The molecule has 0 saturated carbocycles. The molecule has 1 atom stereocenters. The lowest BCUT2D eigenvalue weighted by atomic mass is 9.92. The van der Waals surface area contributed by atoms with Crippen molar-refractivity contribution >= 4 is 16.7 Å². The molecule has 0 N–H and O–H groups in total. The van der Waals surface area contributed by atoms with Crippen LogP contribution in [0.5, 0.6) is 5.75 Å². The number of fused-ring (bicyclic) bond motifs is 1. The third kappa shape index (κ3) is 3.13. The van der Waals surface area contributed by atoms with Gasteiger partial charge in [-0.15, -0.1) is 0 Å². The van der Waals surface area contributed by atoms with Gasteiger partial charge in [-0.1, -0.05) is 5.16 Å². The molecule has 1 aliphatic rings. The Bertz CT molecular complexity index is 1020. The van der Waals surface area contributed by atoms with Gasteiger partial charge in [-0.3, -0.25) is 9.78 Å². The van der Waals surface area contributed by atoms with Crippen molar-refractivity contribution in [3.63, 3.8) is 0 Å². The number of pyridine rings is 1. The minimum Gasteiger partial charge on any atom is -0.496 e. The van der Waals surface area contributed by atoms with Crippen LogP contribution < -0.4 is 4.74 Å². The van der Waals surface area contributed by atoms with Crippen molar-refractivity contribution in [1.82, 2.24) is 15.0 Å². The van der Waals surface area contributed by atoms with E-state index in [1.54, 1.807) is 14.0 Å². The zero-order valence-corrected chi connectivity index (χ0v) is 16.8. The molecule has 3 heterocycles. The standard InChI is InChI=1S/C22H25N3O3/c1-13-18-10-19(23-11-16(18)7-8-20(13)27-4)17-6-5-9-25(12-17)22(26)21-14(2)24-28-15(21)3/h7-8,10-11,17H,5-6,9,12H2,1-4H3/t17-/m1/s1. The number of ether oxygens (including phenoxy) is 1. The highest BCUT2D eigenvalue weighted by Crippen LogP contribution is 2.32. The van der Waals surface area contributed by atoms with Crippen molar-refractivity contribution in [2.45, 2.75) is 39.5 Å². The Hall–Kier alpha value is -2.89. The summed E-state index contributed by atoms with van der Waals surface area (Å²) in [6.45, 7) is 7.07. The number of aryl methyl sites for hydroxylation is 3. The van der Waals surface area contributed by atoms with Gasteiger partial charge in [-0.2, -0.15) is 0 Å². The van der Waals surface area contributed by atoms with Crippen molar-refractivity contribution in [3.05, 3.63) is 52.7 Å². The van der Waals surface area contributed by atoms with Crippen LogP contribution in [0.4, 0.5) is 0 Å². The van der Waals surface area contributed by atoms with E-state index in [1.165, 1.54) is 0 Å². The summed E-state index contributed by atoms with van der Waals surface area (Å²) in [4.78, 5) is 19.6. The molecule has 0 radical (unpaired) electrons. The molecule has 4 rings (SSSR count). The van der Waals surface area contributed by atoms with E-state index < -0.39 is 0 Å². The van der Waals surface area contributed by atoms with Gasteiger partial charge in [0.2, 0.25) is 0 Å². The van der Waals surface area contributed by atoms with Crippen LogP contribution in [0.3, 0.4) is 0 Å². The second kappa shape index (κ2) is 7.26. The number of aromatic nitrogens is 2. The average Bonchev–Trinajstić information content (AvgIpc) is 3.06. The molecule has 28 heavy (non-hydrogen) atoms. The number of piperidine rings is 1. The number of nitrogens with zero attached hydrogens (tertiary/aromatic N) is 3. The molecular formula is C22H25N3O3. The van der Waals surface area contributed by atoms with E-state index in [1.807, 2.05) is 30.2 Å². The van der Waals surface area contributed by atoms with Crippen molar-refractivity contribution in [2.24, 2.45) is 0 Å². The minimum atomic E-state index is -0.000381. The first-order chi connectivity index (χ1) is 13.5. The lowest BCUT2D eigenvalue weighted by molar-refractivity contribution is 0.0703. The van der Waals surface area contributed by atoms with Gasteiger partial charge in [0.1, 0.15) is 17.1 Å². The van der Waals surface area contributed by atoms with Crippen molar-refractivity contribution in [1.29, 1.82) is 0 Å². The van der Waals surface area contributed by atoms with Crippen molar-refractivity contribution < 1.29 is 14.1 Å². The van der Waals surface area contributed by atoms with Crippen molar-refractivity contribution in [2.75, 3.05) is 20.2 Å². The van der Waals surface area contributed by atoms with E-state index >= 15 is 0 Å². The number of carbonyl (C=O) groups excluding carboxylic acids is 1. The maximum absolute atomic E-state index is 13.0. The Balaban J connectivity index is 1.63. The summed E-state index contributed by atoms with van der Waals surface area (Å²) in [5, 5.41) is 6.17. The first-order valence-corrected chi connectivity index (χ1v) is 9.65. The fourth-order valence-corrected chi connectivity index (χ4v) is 4.16. The van der Waals surface area contributed by atoms with Gasteiger partial charge >= 0.3 is 0 Å². The third-order valence-corrected chi connectivity index (χ3v) is 5.74. The van der Waals surface area contributed by atoms with Gasteiger partial charge in [-0.05, 0) is 62.8 Å². The van der Waals surface area contributed by atoms with E-state index in [-0.39, 0.29) is 11.8 Å². The molecule has 1 amide bonds. The summed E-state index contributed by atoms with van der Waals surface area (Å²) in [6.07, 6.45) is 3.90. The molecule has 0 spiro atoms. The Morgan fingerprint density at radius 2 is 2.11 bits per heavy atom. The predicted molar refractivity (Wildman–Crippen MR) is 107 cm³/mol. The van der Waals surface area contributed by atoms with E-state index in [9.17, 15) is 4.79 Å². The Morgan fingerprint density at radius 3 is 2.82 bits per heavy atom. The number of methoxy groups -OCH3 is 1. The van der Waals surface area contributed by atoms with Crippen LogP contribution in [-0.4, -0.2) is 41.1 Å². The molecule has 3 aromatic rings. The molecule has 6 nitrogen and oxygen atoms in total. The minimum absolute atomic E-state index is 0.000381. The van der Waals surface area contributed by atoms with Crippen LogP contribution in [-0.2, 0) is 0 Å². The molecule has 2 aromatic heterocycles. The quantitative estimate of drug-likeness (QED) is 0.683. The van der Waals surface area contributed by atoms with E-state index in [0.29, 0.717) is 23.6 Å². The van der Waals surface area contributed by atoms with E-state index in [2.05, 4.69) is 18.1 Å². The SMILES string of the molecule is COc1ccc2cnc([C@@H]3CCCN(C(=O)c4c(C)noc4C)C3)cc2c1C. The maximum Gasteiger partial charge on any atom is 0.259 e. The molecule has 0 aliphatic carbocycles. The molecule has 146 valence electrons. The second-order valence-electron chi connectivity index (χ2n) is 7.51. The van der Waals surface area contributed by atoms with Crippen molar-refractivity contribution in [3.8, 4) is 5.75 Å². The summed E-state index contributed by atoms with van der Waals surface area (Å²) >= 11 is 0. The highest BCUT2D eigenvalue weighted by atomic mass is 16.5. The lowest BCUT2D eigenvalue weighted by Crippen LogP contribution is -2.39. The van der Waals surface area contributed by atoms with Crippen LogP contribution in [0, 0.1) is 20.8 Å². The molecule has 1 saturated heterocycles. The monoisotopic (exact) mass is 379 g/mol. The fourth-order valence-electron chi connectivity index (χ4n) is 4.16. The predicted octanol–water partition coefficient (Wildman–Crippen LogP) is 4.18.